The fourth-order valence-corrected chi connectivity index (χ4v) is 4.57. The first-order valence-electron chi connectivity index (χ1n) is 9.89. The molecule has 0 aliphatic carbocycles. The summed E-state index contributed by atoms with van der Waals surface area (Å²) < 4.78 is 28.0. The molecule has 0 aliphatic heterocycles. The van der Waals surface area contributed by atoms with Crippen molar-refractivity contribution >= 4 is 49.2 Å². The number of carbonyl (C=O) groups excluding carboxylic acids is 1. The molecule has 2 aromatic heterocycles. The number of sulfonamides is 1. The number of nitrogens with zero attached hydrogens (tertiary/aromatic N) is 1. The van der Waals surface area contributed by atoms with Gasteiger partial charge >= 0.3 is 5.69 Å². The fraction of sp³-hybridized carbons (Fsp3) is 0. The van der Waals surface area contributed by atoms with Crippen LogP contribution in [0.1, 0.15) is 10.4 Å². The molecule has 0 atom stereocenters. The molecule has 33 heavy (non-hydrogen) atoms. The first kappa shape index (κ1) is 20.5. The summed E-state index contributed by atoms with van der Waals surface area (Å²) in [5.41, 5.74) is 2.54. The highest BCUT2D eigenvalue weighted by atomic mass is 32.2. The van der Waals surface area contributed by atoms with Gasteiger partial charge in [0.05, 0.1) is 27.1 Å². The smallest absolute Gasteiger partial charge is 0.321 e. The summed E-state index contributed by atoms with van der Waals surface area (Å²) in [6.07, 6.45) is 1.68. The molecule has 5 rings (SSSR count). The van der Waals surface area contributed by atoms with Crippen molar-refractivity contribution in [1.29, 1.82) is 0 Å². The van der Waals surface area contributed by atoms with Gasteiger partial charge in [-0.1, -0.05) is 6.07 Å². The second-order valence-electron chi connectivity index (χ2n) is 7.30. The zero-order valence-corrected chi connectivity index (χ0v) is 17.8. The van der Waals surface area contributed by atoms with Crippen LogP contribution in [0.2, 0.25) is 0 Å². The summed E-state index contributed by atoms with van der Waals surface area (Å²) in [5.74, 6) is -0.331. The molecular weight excluding hydrogens is 442 g/mol. The zero-order chi connectivity index (χ0) is 23.0. The van der Waals surface area contributed by atoms with Crippen molar-refractivity contribution in [2.75, 3.05) is 10.0 Å². The highest BCUT2D eigenvalue weighted by molar-refractivity contribution is 7.92. The third-order valence-electron chi connectivity index (χ3n) is 5.09. The summed E-state index contributed by atoms with van der Waals surface area (Å²) >= 11 is 0. The van der Waals surface area contributed by atoms with Gasteiger partial charge in [-0.25, -0.2) is 13.2 Å². The number of H-pyrrole nitrogens is 2. The lowest BCUT2D eigenvalue weighted by atomic mass is 10.1. The van der Waals surface area contributed by atoms with E-state index in [2.05, 4.69) is 25.0 Å². The molecule has 0 unspecified atom stereocenters. The lowest BCUT2D eigenvalue weighted by molar-refractivity contribution is 0.102. The summed E-state index contributed by atoms with van der Waals surface area (Å²) in [5, 5.41) is 3.68. The highest BCUT2D eigenvalue weighted by Gasteiger charge is 2.16. The van der Waals surface area contributed by atoms with Crippen LogP contribution in [0.4, 0.5) is 11.4 Å². The molecule has 1 amide bonds. The van der Waals surface area contributed by atoms with E-state index < -0.39 is 15.7 Å². The van der Waals surface area contributed by atoms with E-state index in [1.165, 1.54) is 42.5 Å². The first-order valence-corrected chi connectivity index (χ1v) is 11.4. The Morgan fingerprint density at radius 2 is 1.67 bits per heavy atom. The van der Waals surface area contributed by atoms with Crippen LogP contribution in [-0.2, 0) is 10.0 Å². The number of aromatic nitrogens is 3. The monoisotopic (exact) mass is 459 g/mol. The number of hydrogen-bond donors (Lipinski definition) is 4. The molecule has 5 aromatic rings. The Morgan fingerprint density at radius 3 is 2.48 bits per heavy atom. The largest absolute Gasteiger partial charge is 0.323 e. The zero-order valence-electron chi connectivity index (χ0n) is 17.0. The van der Waals surface area contributed by atoms with Gasteiger partial charge in [0.2, 0.25) is 0 Å². The maximum Gasteiger partial charge on any atom is 0.323 e. The molecule has 4 N–H and O–H groups in total. The Labute approximate surface area is 187 Å². The van der Waals surface area contributed by atoms with E-state index in [0.717, 1.165) is 10.9 Å². The molecule has 0 radical (unpaired) electrons. The van der Waals surface area contributed by atoms with Crippen LogP contribution in [-0.4, -0.2) is 29.3 Å². The van der Waals surface area contributed by atoms with E-state index in [-0.39, 0.29) is 10.8 Å². The predicted molar refractivity (Wildman–Crippen MR) is 126 cm³/mol. The van der Waals surface area contributed by atoms with Gasteiger partial charge in [-0.3, -0.25) is 14.5 Å². The normalized spacial score (nSPS) is 11.5. The molecule has 0 aliphatic rings. The van der Waals surface area contributed by atoms with E-state index in [0.29, 0.717) is 28.0 Å². The van der Waals surface area contributed by atoms with Crippen LogP contribution >= 0.6 is 0 Å². The number of amides is 1. The molecule has 2 heterocycles. The summed E-state index contributed by atoms with van der Waals surface area (Å²) in [6.45, 7) is 0. The lowest BCUT2D eigenvalue weighted by Crippen LogP contribution is -2.14. The van der Waals surface area contributed by atoms with Gasteiger partial charge < -0.3 is 15.3 Å². The Hall–Kier alpha value is -4.44. The van der Waals surface area contributed by atoms with Crippen molar-refractivity contribution in [3.05, 3.63) is 95.0 Å². The standard InChI is InChI=1S/C23H17N5O4S/c29-22(25-19-5-1-4-18-17(19)3-2-12-24-18)14-6-8-15(9-7-14)28-33(31,32)16-10-11-20-21(13-16)27-23(30)26-20/h1-13,28H,(H,25,29)(H2,26,27,30). The Balaban J connectivity index is 1.34. The minimum absolute atomic E-state index is 0.00312. The molecule has 0 spiro atoms. The van der Waals surface area contributed by atoms with Crippen LogP contribution in [0.5, 0.6) is 0 Å². The number of carbonyl (C=O) groups is 1. The Morgan fingerprint density at radius 1 is 0.879 bits per heavy atom. The van der Waals surface area contributed by atoms with Crippen LogP contribution in [0.25, 0.3) is 21.9 Å². The SMILES string of the molecule is O=C(Nc1cccc2ncccc12)c1ccc(NS(=O)(=O)c2ccc3[nH]c(=O)[nH]c3c2)cc1. The van der Waals surface area contributed by atoms with Gasteiger partial charge in [-0.15, -0.1) is 0 Å². The van der Waals surface area contributed by atoms with E-state index in [1.54, 1.807) is 18.3 Å². The number of fused-ring (bicyclic) bond motifs is 2. The number of anilines is 2. The van der Waals surface area contributed by atoms with Gasteiger partial charge in [-0.05, 0) is 66.7 Å². The number of aromatic amines is 2. The van der Waals surface area contributed by atoms with Crippen molar-refractivity contribution < 1.29 is 13.2 Å². The third-order valence-corrected chi connectivity index (χ3v) is 6.47. The molecule has 9 nitrogen and oxygen atoms in total. The van der Waals surface area contributed by atoms with Gasteiger partial charge in [0.25, 0.3) is 15.9 Å². The van der Waals surface area contributed by atoms with Crippen LogP contribution < -0.4 is 15.7 Å². The van der Waals surface area contributed by atoms with Gasteiger partial charge in [0, 0.05) is 22.8 Å². The molecule has 0 bridgehead atoms. The molecule has 0 saturated heterocycles. The Bertz CT molecular complexity index is 1670. The number of rotatable bonds is 5. The maximum atomic E-state index is 12.7. The molecule has 0 fully saturated rings. The molecule has 164 valence electrons. The number of benzene rings is 3. The summed E-state index contributed by atoms with van der Waals surface area (Å²) in [7, 11) is -3.89. The number of hydrogen-bond acceptors (Lipinski definition) is 5. The number of nitrogens with one attached hydrogen (secondary N) is 4. The minimum atomic E-state index is -3.89. The summed E-state index contributed by atoms with van der Waals surface area (Å²) in [6, 6.07) is 19.5. The number of pyridine rings is 1. The molecule has 3 aromatic carbocycles. The second-order valence-corrected chi connectivity index (χ2v) is 8.98. The maximum absolute atomic E-state index is 12.7. The van der Waals surface area contributed by atoms with Gasteiger partial charge in [-0.2, -0.15) is 0 Å². The van der Waals surface area contributed by atoms with Crippen LogP contribution in [0.15, 0.2) is 88.7 Å². The lowest BCUT2D eigenvalue weighted by Gasteiger charge is -2.10. The molecule has 0 saturated carbocycles. The predicted octanol–water partition coefficient (Wildman–Crippen LogP) is 3.46. The van der Waals surface area contributed by atoms with Crippen molar-refractivity contribution in [3.8, 4) is 0 Å². The number of imidazole rings is 1. The Kier molecular flexibility index (Phi) is 4.91. The van der Waals surface area contributed by atoms with Gasteiger partial charge in [0.15, 0.2) is 0 Å². The fourth-order valence-electron chi connectivity index (χ4n) is 3.49. The second kappa shape index (κ2) is 7.92. The summed E-state index contributed by atoms with van der Waals surface area (Å²) in [4.78, 5) is 33.5. The highest BCUT2D eigenvalue weighted by Crippen LogP contribution is 2.23. The van der Waals surface area contributed by atoms with E-state index in [9.17, 15) is 18.0 Å². The topological polar surface area (TPSA) is 137 Å². The molecular formula is C23H17N5O4S. The van der Waals surface area contributed by atoms with Crippen LogP contribution in [0.3, 0.4) is 0 Å². The average molecular weight is 459 g/mol. The molecule has 10 heteroatoms. The third kappa shape index (κ3) is 4.06. The minimum Gasteiger partial charge on any atom is -0.321 e. The van der Waals surface area contributed by atoms with Crippen molar-refractivity contribution in [2.45, 2.75) is 4.90 Å². The van der Waals surface area contributed by atoms with Crippen molar-refractivity contribution in [2.24, 2.45) is 0 Å². The van der Waals surface area contributed by atoms with E-state index in [1.807, 2.05) is 18.2 Å². The van der Waals surface area contributed by atoms with Gasteiger partial charge in [0.1, 0.15) is 0 Å². The quantitative estimate of drug-likeness (QED) is 0.319. The first-order chi connectivity index (χ1) is 15.9. The van der Waals surface area contributed by atoms with E-state index >= 15 is 0 Å². The average Bonchev–Trinajstić information content (AvgIpc) is 3.19. The van der Waals surface area contributed by atoms with Crippen molar-refractivity contribution in [1.82, 2.24) is 15.0 Å². The van der Waals surface area contributed by atoms with Crippen molar-refractivity contribution in [3.63, 3.8) is 0 Å². The van der Waals surface area contributed by atoms with E-state index in [4.69, 9.17) is 0 Å². The van der Waals surface area contributed by atoms with Crippen LogP contribution in [0, 0.1) is 0 Å².